The van der Waals surface area contributed by atoms with E-state index in [4.69, 9.17) is 0 Å². The van der Waals surface area contributed by atoms with Crippen LogP contribution in [-0.4, -0.2) is 0 Å². The van der Waals surface area contributed by atoms with Crippen LogP contribution in [-0.2, 0) is 0 Å². The van der Waals surface area contributed by atoms with Gasteiger partial charge in [0.1, 0.15) is 0 Å². The van der Waals surface area contributed by atoms with Crippen LogP contribution in [0.2, 0.25) is 0 Å². The van der Waals surface area contributed by atoms with Crippen molar-refractivity contribution in [2.45, 2.75) is 53.4 Å². The van der Waals surface area contributed by atoms with Gasteiger partial charge < -0.3 is 0 Å². The molecule has 0 aromatic rings. The quantitative estimate of drug-likeness (QED) is 0.585. The molecule has 74 valence electrons. The molecule has 0 aromatic heterocycles. The van der Waals surface area contributed by atoms with E-state index in [1.807, 2.05) is 0 Å². The fourth-order valence-electron chi connectivity index (χ4n) is 2.25. The summed E-state index contributed by atoms with van der Waals surface area (Å²) in [5, 5.41) is 0. The van der Waals surface area contributed by atoms with Gasteiger partial charge in [-0.15, -0.1) is 0 Å². The van der Waals surface area contributed by atoms with Gasteiger partial charge >= 0.3 is 0 Å². The fraction of sp³-hybridized carbons (Fsp3) is 0.692. The van der Waals surface area contributed by atoms with Crippen molar-refractivity contribution in [2.24, 2.45) is 5.41 Å². The molecule has 0 aliphatic heterocycles. The first-order valence-corrected chi connectivity index (χ1v) is 5.44. The molecule has 13 heavy (non-hydrogen) atoms. The molecule has 0 heterocycles. The van der Waals surface area contributed by atoms with E-state index in [9.17, 15) is 0 Å². The zero-order valence-corrected chi connectivity index (χ0v) is 9.48. The Hall–Kier alpha value is -0.520. The summed E-state index contributed by atoms with van der Waals surface area (Å²) in [7, 11) is 0. The second-order valence-electron chi connectivity index (χ2n) is 4.74. The lowest BCUT2D eigenvalue weighted by Gasteiger charge is -2.32. The van der Waals surface area contributed by atoms with Crippen molar-refractivity contribution < 1.29 is 0 Å². The molecule has 0 spiro atoms. The maximum absolute atomic E-state index is 2.37. The Morgan fingerprint density at radius 3 is 2.62 bits per heavy atom. The Morgan fingerprint density at radius 1 is 1.38 bits per heavy atom. The summed E-state index contributed by atoms with van der Waals surface area (Å²) in [4.78, 5) is 0. The van der Waals surface area contributed by atoms with Crippen molar-refractivity contribution in [3.8, 4) is 0 Å². The highest BCUT2D eigenvalue weighted by Gasteiger charge is 2.26. The van der Waals surface area contributed by atoms with E-state index in [0.29, 0.717) is 5.41 Å². The lowest BCUT2D eigenvalue weighted by Crippen LogP contribution is -2.18. The van der Waals surface area contributed by atoms with E-state index in [-0.39, 0.29) is 0 Å². The van der Waals surface area contributed by atoms with Crippen molar-refractivity contribution in [3.05, 3.63) is 23.3 Å². The molecule has 0 radical (unpaired) electrons. The largest absolute Gasteiger partial charge is 0.0845 e. The Morgan fingerprint density at radius 2 is 2.08 bits per heavy atom. The molecule has 0 aromatic carbocycles. The van der Waals surface area contributed by atoms with Crippen LogP contribution in [0.3, 0.4) is 0 Å². The molecule has 0 bridgehead atoms. The second kappa shape index (κ2) is 4.13. The minimum Gasteiger partial charge on any atom is -0.0845 e. The Labute approximate surface area is 82.7 Å². The first-order chi connectivity index (χ1) is 6.08. The van der Waals surface area contributed by atoms with Crippen LogP contribution in [0.4, 0.5) is 0 Å². The van der Waals surface area contributed by atoms with E-state index >= 15 is 0 Å². The Kier molecular flexibility index (Phi) is 3.35. The van der Waals surface area contributed by atoms with Crippen LogP contribution in [0.5, 0.6) is 0 Å². The van der Waals surface area contributed by atoms with Crippen molar-refractivity contribution in [1.82, 2.24) is 0 Å². The monoisotopic (exact) mass is 178 g/mol. The zero-order chi connectivity index (χ0) is 9.90. The first-order valence-electron chi connectivity index (χ1n) is 5.44. The van der Waals surface area contributed by atoms with Crippen molar-refractivity contribution >= 4 is 0 Å². The van der Waals surface area contributed by atoms with Gasteiger partial charge in [0.05, 0.1) is 0 Å². The van der Waals surface area contributed by atoms with Crippen LogP contribution in [0, 0.1) is 5.41 Å². The molecule has 0 atom stereocenters. The topological polar surface area (TPSA) is 0 Å². The SMILES string of the molecule is CC/C=C/C1=C(C)CCCC1(C)C. The molecule has 0 heteroatoms. The van der Waals surface area contributed by atoms with Gasteiger partial charge in [-0.3, -0.25) is 0 Å². The molecule has 1 aliphatic rings. The lowest BCUT2D eigenvalue weighted by molar-refractivity contribution is 0.376. The molecule has 0 nitrogen and oxygen atoms in total. The summed E-state index contributed by atoms with van der Waals surface area (Å²) < 4.78 is 0. The maximum atomic E-state index is 2.37. The smallest absolute Gasteiger partial charge is 0.0104 e. The van der Waals surface area contributed by atoms with Crippen LogP contribution in [0.1, 0.15) is 53.4 Å². The van der Waals surface area contributed by atoms with Gasteiger partial charge in [0.15, 0.2) is 0 Å². The van der Waals surface area contributed by atoms with E-state index in [0.717, 1.165) is 6.42 Å². The number of rotatable bonds is 2. The second-order valence-corrected chi connectivity index (χ2v) is 4.74. The first kappa shape index (κ1) is 10.6. The Bertz CT molecular complexity index is 228. The van der Waals surface area contributed by atoms with E-state index in [2.05, 4.69) is 39.8 Å². The van der Waals surface area contributed by atoms with Crippen LogP contribution in [0.25, 0.3) is 0 Å². The van der Waals surface area contributed by atoms with Crippen LogP contribution >= 0.6 is 0 Å². The lowest BCUT2D eigenvalue weighted by atomic mass is 9.72. The van der Waals surface area contributed by atoms with E-state index in [1.165, 1.54) is 19.3 Å². The molecule has 1 aliphatic carbocycles. The van der Waals surface area contributed by atoms with Gasteiger partial charge in [0.25, 0.3) is 0 Å². The van der Waals surface area contributed by atoms with Gasteiger partial charge in [-0.05, 0) is 43.6 Å². The molecule has 1 rings (SSSR count). The average Bonchev–Trinajstić information content (AvgIpc) is 2.02. The molecule has 0 unspecified atom stereocenters. The molecular weight excluding hydrogens is 156 g/mol. The van der Waals surface area contributed by atoms with Gasteiger partial charge in [-0.1, -0.05) is 38.5 Å². The molecular formula is C13H22. The summed E-state index contributed by atoms with van der Waals surface area (Å²) in [6.45, 7) is 9.22. The van der Waals surface area contributed by atoms with Crippen molar-refractivity contribution in [2.75, 3.05) is 0 Å². The number of hydrogen-bond acceptors (Lipinski definition) is 0. The number of allylic oxidation sites excluding steroid dienone is 4. The molecule has 0 saturated carbocycles. The van der Waals surface area contributed by atoms with Gasteiger partial charge in [0.2, 0.25) is 0 Å². The van der Waals surface area contributed by atoms with Gasteiger partial charge in [-0.2, -0.15) is 0 Å². The normalized spacial score (nSPS) is 22.8. The zero-order valence-electron chi connectivity index (χ0n) is 9.48. The number of hydrogen-bond donors (Lipinski definition) is 0. The van der Waals surface area contributed by atoms with Crippen molar-refractivity contribution in [1.29, 1.82) is 0 Å². The van der Waals surface area contributed by atoms with Gasteiger partial charge in [-0.25, -0.2) is 0 Å². The summed E-state index contributed by atoms with van der Waals surface area (Å²) in [6.07, 6.45) is 9.77. The third kappa shape index (κ3) is 2.46. The van der Waals surface area contributed by atoms with E-state index < -0.39 is 0 Å². The summed E-state index contributed by atoms with van der Waals surface area (Å²) in [5.41, 5.74) is 3.59. The average molecular weight is 178 g/mol. The molecule has 0 amide bonds. The minimum absolute atomic E-state index is 0.411. The summed E-state index contributed by atoms with van der Waals surface area (Å²) >= 11 is 0. The highest BCUT2D eigenvalue weighted by molar-refractivity contribution is 5.32. The van der Waals surface area contributed by atoms with Crippen LogP contribution in [0.15, 0.2) is 23.3 Å². The van der Waals surface area contributed by atoms with Crippen LogP contribution < -0.4 is 0 Å². The highest BCUT2D eigenvalue weighted by atomic mass is 14.3. The predicted octanol–water partition coefficient (Wildman–Crippen LogP) is 4.48. The van der Waals surface area contributed by atoms with E-state index in [1.54, 1.807) is 11.1 Å². The molecule has 0 fully saturated rings. The Balaban J connectivity index is 2.91. The minimum atomic E-state index is 0.411. The third-order valence-electron chi connectivity index (χ3n) is 3.06. The summed E-state index contributed by atoms with van der Waals surface area (Å²) in [5.74, 6) is 0. The maximum Gasteiger partial charge on any atom is -0.0104 e. The highest BCUT2D eigenvalue weighted by Crippen LogP contribution is 2.40. The standard InChI is InChI=1S/C13H22/c1-5-6-9-12-11(2)8-7-10-13(12,3)4/h6,9H,5,7-8,10H2,1-4H3/b9-6+. The third-order valence-corrected chi connectivity index (χ3v) is 3.06. The molecule has 0 saturated heterocycles. The predicted molar refractivity (Wildman–Crippen MR) is 59.8 cm³/mol. The molecule has 0 N–H and O–H groups in total. The van der Waals surface area contributed by atoms with Gasteiger partial charge in [0, 0.05) is 0 Å². The van der Waals surface area contributed by atoms with Crippen molar-refractivity contribution in [3.63, 3.8) is 0 Å². The fourth-order valence-corrected chi connectivity index (χ4v) is 2.25. The summed E-state index contributed by atoms with van der Waals surface area (Å²) in [6, 6.07) is 0.